The van der Waals surface area contributed by atoms with E-state index in [9.17, 15) is 48.3 Å². The molecule has 0 atom stereocenters. The minimum atomic E-state index is -6.92. The van der Waals surface area contributed by atoms with Crippen LogP contribution >= 0.6 is 23.2 Å². The Labute approximate surface area is 146 Å². The Morgan fingerprint density at radius 2 is 1.23 bits per heavy atom. The Morgan fingerprint density at radius 3 is 1.58 bits per heavy atom. The summed E-state index contributed by atoms with van der Waals surface area (Å²) in [6, 6.07) is 2.57. The Bertz CT molecular complexity index is 686. The monoisotopic (exact) mass is 442 g/mol. The molecule has 0 bridgehead atoms. The summed E-state index contributed by atoms with van der Waals surface area (Å²) < 4.78 is 144. The first-order valence-electron chi connectivity index (χ1n) is 5.86. The topological polar surface area (TPSA) is 9.23 Å². The average Bonchev–Trinajstić information content (AvgIpc) is 2.39. The van der Waals surface area contributed by atoms with E-state index in [0.29, 0.717) is 0 Å². The van der Waals surface area contributed by atoms with Crippen LogP contribution in [0.1, 0.15) is 0 Å². The van der Waals surface area contributed by atoms with Crippen molar-refractivity contribution in [3.05, 3.63) is 39.6 Å². The van der Waals surface area contributed by atoms with Crippen molar-refractivity contribution in [3.8, 4) is 5.75 Å². The number of para-hydroxylation sites is 1. The highest BCUT2D eigenvalue weighted by atomic mass is 35.5. The van der Waals surface area contributed by atoms with Crippen molar-refractivity contribution in [2.45, 2.75) is 24.4 Å². The van der Waals surface area contributed by atoms with Crippen LogP contribution in [0.4, 0.5) is 48.3 Å². The smallest absolute Gasteiger partial charge is 0.426 e. The van der Waals surface area contributed by atoms with E-state index in [1.807, 2.05) is 0 Å². The summed E-state index contributed by atoms with van der Waals surface area (Å²) >= 11 is 10.7. The summed E-state index contributed by atoms with van der Waals surface area (Å²) in [7, 11) is 0. The van der Waals surface area contributed by atoms with Crippen LogP contribution in [-0.2, 0) is 0 Å². The van der Waals surface area contributed by atoms with Gasteiger partial charge in [0.25, 0.3) is 0 Å². The molecule has 0 heterocycles. The van der Waals surface area contributed by atoms with Crippen LogP contribution in [0.5, 0.6) is 5.75 Å². The van der Waals surface area contributed by atoms with Crippen LogP contribution in [0.3, 0.4) is 0 Å². The fourth-order valence-electron chi connectivity index (χ4n) is 1.46. The highest BCUT2D eigenvalue weighted by molar-refractivity contribution is 6.37. The quantitative estimate of drug-likeness (QED) is 0.458. The third kappa shape index (κ3) is 4.45. The van der Waals surface area contributed by atoms with E-state index in [1.54, 1.807) is 0 Å². The third-order valence-corrected chi connectivity index (χ3v) is 3.17. The first-order valence-corrected chi connectivity index (χ1v) is 6.61. The van der Waals surface area contributed by atoms with Crippen molar-refractivity contribution in [1.29, 1.82) is 0 Å². The van der Waals surface area contributed by atoms with Crippen LogP contribution in [0.25, 0.3) is 0 Å². The maximum absolute atomic E-state index is 13.7. The molecule has 0 aromatic heterocycles. The molecule has 14 heteroatoms. The van der Waals surface area contributed by atoms with Gasteiger partial charge in [0, 0.05) is 0 Å². The molecule has 0 radical (unpaired) electrons. The molecule has 1 nitrogen and oxygen atoms in total. The molecule has 1 aromatic carbocycles. The van der Waals surface area contributed by atoms with Gasteiger partial charge in [-0.3, -0.25) is 0 Å². The van der Waals surface area contributed by atoms with Crippen molar-refractivity contribution in [3.63, 3.8) is 0 Å². The SMILES string of the molecule is FC(=C(C(F)(F)F)C(F)(F)Oc1c(Cl)cccc1Cl)C(F)(F)C(F)(F)F. The van der Waals surface area contributed by atoms with Crippen LogP contribution in [0.2, 0.25) is 10.0 Å². The van der Waals surface area contributed by atoms with E-state index >= 15 is 0 Å². The molecule has 0 spiro atoms. The van der Waals surface area contributed by atoms with Crippen molar-refractivity contribution < 1.29 is 53.0 Å². The lowest BCUT2D eigenvalue weighted by Crippen LogP contribution is -2.44. The molecule has 1 rings (SSSR count). The second kappa shape index (κ2) is 6.95. The van der Waals surface area contributed by atoms with Gasteiger partial charge in [-0.15, -0.1) is 0 Å². The van der Waals surface area contributed by atoms with Gasteiger partial charge in [-0.05, 0) is 12.1 Å². The molecule has 0 amide bonds. The van der Waals surface area contributed by atoms with E-state index in [2.05, 4.69) is 4.74 Å². The Balaban J connectivity index is 3.62. The van der Waals surface area contributed by atoms with Crippen molar-refractivity contribution >= 4 is 23.2 Å². The number of alkyl halides is 10. The molecule has 0 saturated carbocycles. The number of rotatable bonds is 4. The molecule has 26 heavy (non-hydrogen) atoms. The first-order chi connectivity index (χ1) is 11.4. The van der Waals surface area contributed by atoms with Gasteiger partial charge in [0.2, 0.25) is 0 Å². The lowest BCUT2D eigenvalue weighted by Gasteiger charge is -2.26. The van der Waals surface area contributed by atoms with E-state index in [1.165, 1.54) is 0 Å². The zero-order valence-corrected chi connectivity index (χ0v) is 13.1. The molecule has 0 saturated heterocycles. The largest absolute Gasteiger partial charge is 0.460 e. The maximum atomic E-state index is 13.7. The molecular formula is C12H3Cl2F11O. The van der Waals surface area contributed by atoms with Crippen molar-refractivity contribution in [1.82, 2.24) is 0 Å². The zero-order chi connectivity index (χ0) is 20.7. The molecule has 148 valence electrons. The fraction of sp³-hybridized carbons (Fsp3) is 0.333. The van der Waals surface area contributed by atoms with Gasteiger partial charge < -0.3 is 4.74 Å². The summed E-state index contributed by atoms with van der Waals surface area (Å²) in [6.45, 7) is 0. The van der Waals surface area contributed by atoms with Crippen molar-refractivity contribution in [2.24, 2.45) is 0 Å². The summed E-state index contributed by atoms with van der Waals surface area (Å²) in [5.41, 5.74) is -4.19. The molecule has 0 aliphatic heterocycles. The van der Waals surface area contributed by atoms with Crippen LogP contribution in [0, 0.1) is 0 Å². The average molecular weight is 443 g/mol. The number of halogens is 13. The Kier molecular flexibility index (Phi) is 6.04. The van der Waals surface area contributed by atoms with Gasteiger partial charge in [0.05, 0.1) is 10.0 Å². The number of hydrogen-bond acceptors (Lipinski definition) is 1. The minimum Gasteiger partial charge on any atom is -0.426 e. The zero-order valence-electron chi connectivity index (χ0n) is 11.6. The predicted octanol–water partition coefficient (Wildman–Crippen LogP) is 6.95. The summed E-state index contributed by atoms with van der Waals surface area (Å²) in [6.07, 6.45) is -19.6. The Hall–Kier alpha value is -1.43. The number of hydrogen-bond donors (Lipinski definition) is 0. The summed E-state index contributed by atoms with van der Waals surface area (Å²) in [4.78, 5) is 0. The summed E-state index contributed by atoms with van der Waals surface area (Å²) in [5, 5.41) is -1.69. The normalized spacial score (nSPS) is 15.0. The molecule has 0 unspecified atom stereocenters. The first kappa shape index (κ1) is 22.6. The summed E-state index contributed by atoms with van der Waals surface area (Å²) in [5.74, 6) is -12.7. The molecule has 1 aromatic rings. The highest BCUT2D eigenvalue weighted by Crippen LogP contribution is 2.50. The number of ether oxygens (including phenoxy) is 1. The fourth-order valence-corrected chi connectivity index (χ4v) is 1.93. The number of allylic oxidation sites excluding steroid dienone is 1. The second-order valence-corrected chi connectivity index (χ2v) is 5.24. The Morgan fingerprint density at radius 1 is 0.808 bits per heavy atom. The van der Waals surface area contributed by atoms with Gasteiger partial charge >= 0.3 is 24.4 Å². The van der Waals surface area contributed by atoms with E-state index in [0.717, 1.165) is 18.2 Å². The van der Waals surface area contributed by atoms with Gasteiger partial charge in [-0.2, -0.15) is 43.9 Å². The van der Waals surface area contributed by atoms with Crippen LogP contribution < -0.4 is 4.74 Å². The molecular weight excluding hydrogens is 440 g/mol. The van der Waals surface area contributed by atoms with Gasteiger partial charge in [0.1, 0.15) is 0 Å². The van der Waals surface area contributed by atoms with Gasteiger partial charge in [0.15, 0.2) is 17.1 Å². The predicted molar refractivity (Wildman–Crippen MR) is 67.2 cm³/mol. The third-order valence-electron chi connectivity index (χ3n) is 2.57. The second-order valence-electron chi connectivity index (χ2n) is 4.43. The highest BCUT2D eigenvalue weighted by Gasteiger charge is 2.67. The number of benzene rings is 1. The lowest BCUT2D eigenvalue weighted by atomic mass is 10.1. The lowest BCUT2D eigenvalue weighted by molar-refractivity contribution is -0.275. The molecule has 0 N–H and O–H groups in total. The molecule has 0 aliphatic rings. The molecule has 0 aliphatic carbocycles. The van der Waals surface area contributed by atoms with Crippen LogP contribution in [0.15, 0.2) is 29.6 Å². The minimum absolute atomic E-state index is 0.774. The maximum Gasteiger partial charge on any atom is 0.460 e. The van der Waals surface area contributed by atoms with Gasteiger partial charge in [-0.1, -0.05) is 29.3 Å². The van der Waals surface area contributed by atoms with E-state index in [-0.39, 0.29) is 0 Å². The van der Waals surface area contributed by atoms with Crippen LogP contribution in [-0.4, -0.2) is 24.4 Å². The van der Waals surface area contributed by atoms with E-state index < -0.39 is 51.6 Å². The standard InChI is InChI=1S/C12H3Cl2F11O/c13-4-2-1-3-5(14)6(4)26-11(21,22)7(10(18,19)20)8(15)9(16,17)12(23,24)25/h1-3H. The van der Waals surface area contributed by atoms with Gasteiger partial charge in [-0.25, -0.2) is 4.39 Å². The van der Waals surface area contributed by atoms with E-state index in [4.69, 9.17) is 23.2 Å². The van der Waals surface area contributed by atoms with Crippen molar-refractivity contribution in [2.75, 3.05) is 0 Å². The molecule has 0 fully saturated rings.